The fourth-order valence-corrected chi connectivity index (χ4v) is 6.23. The summed E-state index contributed by atoms with van der Waals surface area (Å²) in [5.41, 5.74) is 3.26. The molecule has 1 aromatic heterocycles. The first kappa shape index (κ1) is 21.5. The van der Waals surface area contributed by atoms with E-state index in [2.05, 4.69) is 9.82 Å². The van der Waals surface area contributed by atoms with Gasteiger partial charge < -0.3 is 4.90 Å². The number of carbonyl (C=O) groups is 1. The molecule has 3 aromatic carbocycles. The molecule has 2 heterocycles. The van der Waals surface area contributed by atoms with Crippen molar-refractivity contribution < 1.29 is 13.2 Å². The Morgan fingerprint density at radius 3 is 2.59 bits per heavy atom. The second-order valence-electron chi connectivity index (χ2n) is 8.56. The van der Waals surface area contributed by atoms with E-state index in [1.807, 2.05) is 23.0 Å². The van der Waals surface area contributed by atoms with E-state index in [4.69, 9.17) is 23.2 Å². The maximum atomic E-state index is 13.2. The molecule has 7 nitrogen and oxygen atoms in total. The number of hydrogen-bond acceptors (Lipinski definition) is 4. The van der Waals surface area contributed by atoms with Crippen LogP contribution in [0.4, 0.5) is 11.4 Å². The zero-order valence-corrected chi connectivity index (χ0v) is 20.2. The lowest BCUT2D eigenvalue weighted by molar-refractivity contribution is 0.0999. The number of sulfonamides is 1. The van der Waals surface area contributed by atoms with Crippen molar-refractivity contribution in [3.8, 4) is 11.1 Å². The molecule has 0 radical (unpaired) electrons. The van der Waals surface area contributed by atoms with Gasteiger partial charge in [-0.3, -0.25) is 14.2 Å². The molecule has 0 bridgehead atoms. The smallest absolute Gasteiger partial charge is 0.263 e. The van der Waals surface area contributed by atoms with Gasteiger partial charge in [-0.15, -0.1) is 0 Å². The topological polar surface area (TPSA) is 84.3 Å². The molecule has 2 aliphatic rings. The Bertz CT molecular complexity index is 1630. The highest BCUT2D eigenvalue weighted by Crippen LogP contribution is 2.43. The van der Waals surface area contributed by atoms with Crippen LogP contribution in [0.25, 0.3) is 21.9 Å². The highest BCUT2D eigenvalue weighted by molar-refractivity contribution is 7.92. The van der Waals surface area contributed by atoms with E-state index in [1.54, 1.807) is 30.3 Å². The third kappa shape index (κ3) is 3.36. The SMILES string of the molecule is CN1C(=O)c2cc(-c3cnn(C4CC4)c3)cc3c(NS(=O)(=O)c4ccc(Cl)cc4Cl)ccc1c23. The predicted octanol–water partition coefficient (Wildman–Crippen LogP) is 5.74. The van der Waals surface area contributed by atoms with Crippen molar-refractivity contribution in [2.24, 2.45) is 0 Å². The molecule has 4 aromatic rings. The zero-order valence-electron chi connectivity index (χ0n) is 17.9. The van der Waals surface area contributed by atoms with Crippen molar-refractivity contribution in [2.45, 2.75) is 23.8 Å². The Hall–Kier alpha value is -3.07. The standard InChI is InChI=1S/C24H18Cl2N4O3S/c1-29-21-6-5-20(28-34(32,33)22-7-2-15(25)10-19(22)26)17-8-13(9-18(23(17)21)24(29)31)14-11-27-30(12-14)16-3-4-16/h2,5-12,16,28H,3-4H2,1H3. The number of nitrogens with one attached hydrogen (secondary N) is 1. The second kappa shape index (κ2) is 7.46. The molecular formula is C24H18Cl2N4O3S. The van der Waals surface area contributed by atoms with Crippen LogP contribution in [0.15, 0.2) is 59.8 Å². The van der Waals surface area contributed by atoms with Gasteiger partial charge in [0.05, 0.1) is 34.2 Å². The van der Waals surface area contributed by atoms with Crippen LogP contribution in [0, 0.1) is 0 Å². The Balaban J connectivity index is 1.51. The summed E-state index contributed by atoms with van der Waals surface area (Å²) in [5, 5.41) is 6.15. The molecule has 0 atom stereocenters. The van der Waals surface area contributed by atoms with Crippen molar-refractivity contribution in [1.29, 1.82) is 0 Å². The number of halogens is 2. The fourth-order valence-electron chi connectivity index (χ4n) is 4.38. The van der Waals surface area contributed by atoms with E-state index in [0.717, 1.165) is 29.7 Å². The summed E-state index contributed by atoms with van der Waals surface area (Å²) in [6, 6.07) is 11.8. The zero-order chi connectivity index (χ0) is 23.8. The normalized spacial score (nSPS) is 15.4. The minimum Gasteiger partial charge on any atom is -0.311 e. The highest BCUT2D eigenvalue weighted by atomic mass is 35.5. The molecule has 0 saturated heterocycles. The monoisotopic (exact) mass is 512 g/mol. The number of aromatic nitrogens is 2. The van der Waals surface area contributed by atoms with E-state index in [9.17, 15) is 13.2 Å². The molecule has 172 valence electrons. The fraction of sp³-hybridized carbons (Fsp3) is 0.167. The Kier molecular flexibility index (Phi) is 4.71. The number of rotatable bonds is 5. The molecule has 1 amide bonds. The lowest BCUT2D eigenvalue weighted by atomic mass is 9.98. The summed E-state index contributed by atoms with van der Waals surface area (Å²) in [5.74, 6) is -0.141. The third-order valence-corrected chi connectivity index (χ3v) is 8.36. The van der Waals surface area contributed by atoms with Gasteiger partial charge in [0.2, 0.25) is 0 Å². The van der Waals surface area contributed by atoms with Crippen LogP contribution in [0.3, 0.4) is 0 Å². The summed E-state index contributed by atoms with van der Waals surface area (Å²) < 4.78 is 31.0. The van der Waals surface area contributed by atoms with E-state index in [0.29, 0.717) is 33.1 Å². The first-order valence-electron chi connectivity index (χ1n) is 10.6. The van der Waals surface area contributed by atoms with Crippen molar-refractivity contribution in [2.75, 3.05) is 16.7 Å². The number of benzene rings is 3. The second-order valence-corrected chi connectivity index (χ2v) is 11.1. The largest absolute Gasteiger partial charge is 0.311 e. The van der Waals surface area contributed by atoms with Gasteiger partial charge in [0.15, 0.2) is 0 Å². The van der Waals surface area contributed by atoms with E-state index in [-0.39, 0.29) is 15.8 Å². The van der Waals surface area contributed by atoms with Gasteiger partial charge >= 0.3 is 0 Å². The van der Waals surface area contributed by atoms with Crippen LogP contribution >= 0.6 is 23.2 Å². The average Bonchev–Trinajstić information content (AvgIpc) is 3.47. The number of anilines is 2. The predicted molar refractivity (Wildman–Crippen MR) is 133 cm³/mol. The first-order valence-corrected chi connectivity index (χ1v) is 12.9. The van der Waals surface area contributed by atoms with Crippen LogP contribution in [0.5, 0.6) is 0 Å². The minimum atomic E-state index is -4.02. The van der Waals surface area contributed by atoms with Gasteiger partial charge in [-0.2, -0.15) is 5.10 Å². The van der Waals surface area contributed by atoms with E-state index >= 15 is 0 Å². The van der Waals surface area contributed by atoms with Gasteiger partial charge in [-0.25, -0.2) is 8.42 Å². The third-order valence-electron chi connectivity index (χ3n) is 6.27. The molecule has 1 fully saturated rings. The molecular weight excluding hydrogens is 495 g/mol. The number of hydrogen-bond donors (Lipinski definition) is 1. The maximum absolute atomic E-state index is 13.2. The lowest BCUT2D eigenvalue weighted by Crippen LogP contribution is -2.20. The van der Waals surface area contributed by atoms with Gasteiger partial charge in [0.25, 0.3) is 15.9 Å². The van der Waals surface area contributed by atoms with Crippen LogP contribution in [-0.4, -0.2) is 31.2 Å². The molecule has 1 N–H and O–H groups in total. The molecule has 10 heteroatoms. The van der Waals surface area contributed by atoms with Crippen molar-refractivity contribution in [3.63, 3.8) is 0 Å². The molecule has 1 saturated carbocycles. The molecule has 1 aliphatic heterocycles. The van der Waals surface area contributed by atoms with E-state index in [1.165, 1.54) is 18.2 Å². The summed E-state index contributed by atoms with van der Waals surface area (Å²) in [4.78, 5) is 14.5. The molecule has 34 heavy (non-hydrogen) atoms. The minimum absolute atomic E-state index is 0.0222. The molecule has 6 rings (SSSR count). The van der Waals surface area contributed by atoms with Crippen molar-refractivity contribution >= 4 is 61.3 Å². The molecule has 0 spiro atoms. The Labute approximate surface area is 205 Å². The summed E-state index contributed by atoms with van der Waals surface area (Å²) in [6.45, 7) is 0. The first-order chi connectivity index (χ1) is 16.2. The van der Waals surface area contributed by atoms with Crippen LogP contribution in [-0.2, 0) is 10.0 Å². The van der Waals surface area contributed by atoms with Crippen LogP contribution < -0.4 is 9.62 Å². The van der Waals surface area contributed by atoms with Gasteiger partial charge in [0.1, 0.15) is 4.90 Å². The van der Waals surface area contributed by atoms with Gasteiger partial charge in [-0.1, -0.05) is 23.2 Å². The Morgan fingerprint density at radius 1 is 1.06 bits per heavy atom. The molecule has 0 unspecified atom stereocenters. The van der Waals surface area contributed by atoms with Gasteiger partial charge in [-0.05, 0) is 60.9 Å². The Morgan fingerprint density at radius 2 is 1.85 bits per heavy atom. The average molecular weight is 513 g/mol. The van der Waals surface area contributed by atoms with Gasteiger partial charge in [0, 0.05) is 34.6 Å². The quantitative estimate of drug-likeness (QED) is 0.369. The van der Waals surface area contributed by atoms with Crippen molar-refractivity contribution in [3.05, 3.63) is 70.5 Å². The maximum Gasteiger partial charge on any atom is 0.263 e. The molecule has 1 aliphatic carbocycles. The van der Waals surface area contributed by atoms with E-state index < -0.39 is 10.0 Å². The summed E-state index contributed by atoms with van der Waals surface area (Å²) in [7, 11) is -2.31. The summed E-state index contributed by atoms with van der Waals surface area (Å²) >= 11 is 12.1. The summed E-state index contributed by atoms with van der Waals surface area (Å²) in [6.07, 6.45) is 5.96. The van der Waals surface area contributed by atoms with Crippen LogP contribution in [0.1, 0.15) is 29.2 Å². The number of carbonyl (C=O) groups excluding carboxylic acids is 1. The highest BCUT2D eigenvalue weighted by Gasteiger charge is 2.30. The number of amides is 1. The lowest BCUT2D eigenvalue weighted by Gasteiger charge is -2.14. The number of nitrogens with zero attached hydrogens (tertiary/aromatic N) is 3. The van der Waals surface area contributed by atoms with Crippen molar-refractivity contribution in [1.82, 2.24) is 9.78 Å². The van der Waals surface area contributed by atoms with Crippen LogP contribution in [0.2, 0.25) is 10.0 Å².